The van der Waals surface area contributed by atoms with Gasteiger partial charge >= 0.3 is 0 Å². The first kappa shape index (κ1) is 16.2. The Morgan fingerprint density at radius 1 is 0.750 bits per heavy atom. The van der Waals surface area contributed by atoms with Crippen LogP contribution in [0.15, 0.2) is 91.5 Å². The molecule has 0 saturated heterocycles. The molecule has 2 unspecified atom stereocenters. The molecule has 3 rings (SSSR count). The summed E-state index contributed by atoms with van der Waals surface area (Å²) < 4.78 is 0. The maximum Gasteiger partial charge on any atom is 0.0361 e. The summed E-state index contributed by atoms with van der Waals surface area (Å²) in [6.07, 6.45) is 0. The molecule has 3 aromatic carbocycles. The summed E-state index contributed by atoms with van der Waals surface area (Å²) in [4.78, 5) is 0. The SMILES string of the molecule is C=C(c1ccccc1)C(C)C(N)c1ccc(-c2ccccc2)cc1. The molecular formula is C23H23N. The van der Waals surface area contributed by atoms with Crippen LogP contribution < -0.4 is 5.73 Å². The predicted molar refractivity (Wildman–Crippen MR) is 103 cm³/mol. The zero-order valence-electron chi connectivity index (χ0n) is 14.0. The predicted octanol–water partition coefficient (Wildman–Crippen LogP) is 5.70. The second kappa shape index (κ2) is 7.29. The molecule has 24 heavy (non-hydrogen) atoms. The molecule has 0 fully saturated rings. The van der Waals surface area contributed by atoms with E-state index in [9.17, 15) is 0 Å². The van der Waals surface area contributed by atoms with Crippen molar-refractivity contribution in [2.24, 2.45) is 11.7 Å². The monoisotopic (exact) mass is 313 g/mol. The Morgan fingerprint density at radius 2 is 1.25 bits per heavy atom. The lowest BCUT2D eigenvalue weighted by Crippen LogP contribution is -2.20. The molecule has 0 spiro atoms. The molecule has 0 aliphatic carbocycles. The molecule has 2 atom stereocenters. The second-order valence-electron chi connectivity index (χ2n) is 6.19. The molecule has 0 amide bonds. The van der Waals surface area contributed by atoms with E-state index in [2.05, 4.69) is 74.2 Å². The van der Waals surface area contributed by atoms with Crippen LogP contribution in [0.25, 0.3) is 16.7 Å². The average Bonchev–Trinajstić information content (AvgIpc) is 2.68. The Kier molecular flexibility index (Phi) is 4.93. The first-order chi connectivity index (χ1) is 11.7. The third-order valence-corrected chi connectivity index (χ3v) is 4.64. The summed E-state index contributed by atoms with van der Waals surface area (Å²) in [5.41, 5.74) is 12.3. The molecule has 3 aromatic rings. The fourth-order valence-corrected chi connectivity index (χ4v) is 2.95. The maximum atomic E-state index is 6.50. The number of hydrogen-bond acceptors (Lipinski definition) is 1. The van der Waals surface area contributed by atoms with E-state index < -0.39 is 0 Å². The van der Waals surface area contributed by atoms with Gasteiger partial charge in [-0.3, -0.25) is 0 Å². The summed E-state index contributed by atoms with van der Waals surface area (Å²) in [5.74, 6) is 0.176. The van der Waals surface area contributed by atoms with Crippen molar-refractivity contribution in [3.8, 4) is 11.1 Å². The number of nitrogens with two attached hydrogens (primary N) is 1. The van der Waals surface area contributed by atoms with E-state index in [1.807, 2.05) is 24.3 Å². The third kappa shape index (κ3) is 3.47. The van der Waals surface area contributed by atoms with E-state index in [1.165, 1.54) is 11.1 Å². The van der Waals surface area contributed by atoms with Crippen molar-refractivity contribution in [1.82, 2.24) is 0 Å². The number of rotatable bonds is 5. The van der Waals surface area contributed by atoms with Crippen LogP contribution in [-0.2, 0) is 0 Å². The minimum absolute atomic E-state index is 0.0671. The largest absolute Gasteiger partial charge is 0.323 e. The second-order valence-corrected chi connectivity index (χ2v) is 6.19. The van der Waals surface area contributed by atoms with Crippen molar-refractivity contribution in [2.75, 3.05) is 0 Å². The molecule has 0 aliphatic rings. The fourth-order valence-electron chi connectivity index (χ4n) is 2.95. The maximum absolute atomic E-state index is 6.50. The van der Waals surface area contributed by atoms with Gasteiger partial charge in [-0.15, -0.1) is 0 Å². The van der Waals surface area contributed by atoms with Crippen LogP contribution >= 0.6 is 0 Å². The summed E-state index contributed by atoms with van der Waals surface area (Å²) in [6, 6.07) is 29.1. The Labute approximate surface area is 144 Å². The molecule has 2 N–H and O–H groups in total. The summed E-state index contributed by atoms with van der Waals surface area (Å²) in [5, 5.41) is 0. The van der Waals surface area contributed by atoms with Crippen LogP contribution in [0.4, 0.5) is 0 Å². The molecule has 1 heteroatoms. The lowest BCUT2D eigenvalue weighted by atomic mass is 9.86. The highest BCUT2D eigenvalue weighted by Gasteiger charge is 2.18. The van der Waals surface area contributed by atoms with Gasteiger partial charge in [-0.25, -0.2) is 0 Å². The smallest absolute Gasteiger partial charge is 0.0361 e. The highest BCUT2D eigenvalue weighted by atomic mass is 14.6. The Morgan fingerprint density at radius 3 is 1.83 bits per heavy atom. The van der Waals surface area contributed by atoms with Gasteiger partial charge in [0.15, 0.2) is 0 Å². The molecule has 0 bridgehead atoms. The molecule has 120 valence electrons. The Bertz CT molecular complexity index is 788. The van der Waals surface area contributed by atoms with Gasteiger partial charge in [0.05, 0.1) is 0 Å². The van der Waals surface area contributed by atoms with Crippen LogP contribution in [0.3, 0.4) is 0 Å². The third-order valence-electron chi connectivity index (χ3n) is 4.64. The molecule has 0 radical (unpaired) electrons. The fraction of sp³-hybridized carbons (Fsp3) is 0.130. The van der Waals surface area contributed by atoms with Gasteiger partial charge < -0.3 is 5.73 Å². The van der Waals surface area contributed by atoms with E-state index in [4.69, 9.17) is 5.73 Å². The molecule has 0 heterocycles. The van der Waals surface area contributed by atoms with Crippen LogP contribution in [0.1, 0.15) is 24.1 Å². The molecule has 0 aromatic heterocycles. The van der Waals surface area contributed by atoms with Gasteiger partial charge in [-0.2, -0.15) is 0 Å². The highest BCUT2D eigenvalue weighted by Crippen LogP contribution is 2.31. The van der Waals surface area contributed by atoms with Crippen molar-refractivity contribution in [1.29, 1.82) is 0 Å². The van der Waals surface area contributed by atoms with Crippen molar-refractivity contribution in [2.45, 2.75) is 13.0 Å². The summed E-state index contributed by atoms with van der Waals surface area (Å²) in [7, 11) is 0. The Balaban J connectivity index is 1.77. The zero-order chi connectivity index (χ0) is 16.9. The van der Waals surface area contributed by atoms with Crippen LogP contribution in [0.2, 0.25) is 0 Å². The molecule has 1 nitrogen and oxygen atoms in total. The minimum Gasteiger partial charge on any atom is -0.323 e. The lowest BCUT2D eigenvalue weighted by molar-refractivity contribution is 0.582. The summed E-state index contributed by atoms with van der Waals surface area (Å²) in [6.45, 7) is 6.40. The van der Waals surface area contributed by atoms with Gasteiger partial charge in [0.25, 0.3) is 0 Å². The normalized spacial score (nSPS) is 13.2. The van der Waals surface area contributed by atoms with E-state index in [1.54, 1.807) is 0 Å². The quantitative estimate of drug-likeness (QED) is 0.642. The van der Waals surface area contributed by atoms with Crippen LogP contribution in [0.5, 0.6) is 0 Å². The van der Waals surface area contributed by atoms with Crippen LogP contribution in [0, 0.1) is 5.92 Å². The highest BCUT2D eigenvalue weighted by molar-refractivity contribution is 5.66. The minimum atomic E-state index is -0.0671. The van der Waals surface area contributed by atoms with Gasteiger partial charge in [0.1, 0.15) is 0 Å². The van der Waals surface area contributed by atoms with E-state index in [-0.39, 0.29) is 12.0 Å². The topological polar surface area (TPSA) is 26.0 Å². The van der Waals surface area contributed by atoms with Crippen LogP contribution in [-0.4, -0.2) is 0 Å². The van der Waals surface area contributed by atoms with E-state index >= 15 is 0 Å². The van der Waals surface area contributed by atoms with Crippen molar-refractivity contribution < 1.29 is 0 Å². The number of hydrogen-bond donors (Lipinski definition) is 1. The average molecular weight is 313 g/mol. The van der Waals surface area contributed by atoms with Gasteiger partial charge in [0.2, 0.25) is 0 Å². The van der Waals surface area contributed by atoms with E-state index in [0.717, 1.165) is 16.7 Å². The van der Waals surface area contributed by atoms with E-state index in [0.29, 0.717) is 0 Å². The lowest BCUT2D eigenvalue weighted by Gasteiger charge is -2.23. The molecule has 0 saturated carbocycles. The van der Waals surface area contributed by atoms with Gasteiger partial charge in [-0.05, 0) is 27.8 Å². The number of benzene rings is 3. The summed E-state index contributed by atoms with van der Waals surface area (Å²) >= 11 is 0. The molecule has 0 aliphatic heterocycles. The Hall–Kier alpha value is -2.64. The zero-order valence-corrected chi connectivity index (χ0v) is 14.0. The van der Waals surface area contributed by atoms with Crippen molar-refractivity contribution in [3.05, 3.63) is 103 Å². The van der Waals surface area contributed by atoms with Crippen molar-refractivity contribution in [3.63, 3.8) is 0 Å². The van der Waals surface area contributed by atoms with Gasteiger partial charge in [-0.1, -0.05) is 98.4 Å². The standard InChI is InChI=1S/C23H23N/c1-17(19-9-5-3-6-10-19)18(2)23(24)22-15-13-21(14-16-22)20-11-7-4-8-12-20/h3-16,18,23H,1,24H2,2H3. The van der Waals surface area contributed by atoms with Gasteiger partial charge in [0, 0.05) is 12.0 Å². The first-order valence-electron chi connectivity index (χ1n) is 8.32. The molecular weight excluding hydrogens is 290 g/mol. The van der Waals surface area contributed by atoms with Crippen molar-refractivity contribution >= 4 is 5.57 Å². The first-order valence-corrected chi connectivity index (χ1v) is 8.32.